The van der Waals surface area contributed by atoms with E-state index in [-0.39, 0.29) is 5.56 Å². The van der Waals surface area contributed by atoms with Crippen LogP contribution in [0.4, 0.5) is 8.78 Å². The van der Waals surface area contributed by atoms with E-state index in [2.05, 4.69) is 22.1 Å². The highest BCUT2D eigenvalue weighted by atomic mass is 19.2. The van der Waals surface area contributed by atoms with Gasteiger partial charge < -0.3 is 10.2 Å². The first kappa shape index (κ1) is 15.8. The van der Waals surface area contributed by atoms with Crippen LogP contribution >= 0.6 is 0 Å². The van der Waals surface area contributed by atoms with Crippen molar-refractivity contribution in [2.75, 3.05) is 19.6 Å². The summed E-state index contributed by atoms with van der Waals surface area (Å²) in [5, 5.41) is 2.62. The highest BCUT2D eigenvalue weighted by Crippen LogP contribution is 2.16. The van der Waals surface area contributed by atoms with Crippen LogP contribution in [0.3, 0.4) is 0 Å². The second-order valence-electron chi connectivity index (χ2n) is 5.45. The minimum absolute atomic E-state index is 0.297. The molecule has 1 fully saturated rings. The van der Waals surface area contributed by atoms with Gasteiger partial charge in [-0.05, 0) is 38.8 Å². The maximum Gasteiger partial charge on any atom is 0.254 e. The number of rotatable bonds is 5. The fourth-order valence-corrected chi connectivity index (χ4v) is 2.66. The van der Waals surface area contributed by atoms with Crippen LogP contribution in [-0.4, -0.2) is 41.5 Å². The molecule has 21 heavy (non-hydrogen) atoms. The first-order valence-corrected chi connectivity index (χ1v) is 7.42. The van der Waals surface area contributed by atoms with Crippen LogP contribution < -0.4 is 5.32 Å². The SMILES string of the molecule is CC1CCCCN1CCCNC(=O)c1ccnc(F)c1F. The Balaban J connectivity index is 1.75. The Morgan fingerprint density at radius 3 is 3.05 bits per heavy atom. The number of amides is 1. The molecule has 0 bridgehead atoms. The van der Waals surface area contributed by atoms with Crippen molar-refractivity contribution in [1.82, 2.24) is 15.2 Å². The maximum atomic E-state index is 13.4. The Morgan fingerprint density at radius 1 is 1.48 bits per heavy atom. The summed E-state index contributed by atoms with van der Waals surface area (Å²) in [5.74, 6) is -3.04. The smallest absolute Gasteiger partial charge is 0.254 e. The summed E-state index contributed by atoms with van der Waals surface area (Å²) in [5.41, 5.74) is -0.297. The lowest BCUT2D eigenvalue weighted by atomic mass is 10.0. The second-order valence-corrected chi connectivity index (χ2v) is 5.45. The molecule has 6 heteroatoms. The molecule has 1 amide bonds. The van der Waals surface area contributed by atoms with Crippen LogP contribution in [0, 0.1) is 11.8 Å². The van der Waals surface area contributed by atoms with Gasteiger partial charge in [0.25, 0.3) is 5.91 Å². The Hall–Kier alpha value is -1.56. The normalized spacial score (nSPS) is 19.5. The Labute approximate surface area is 123 Å². The largest absolute Gasteiger partial charge is 0.352 e. The van der Waals surface area contributed by atoms with Crippen molar-refractivity contribution in [2.24, 2.45) is 0 Å². The summed E-state index contributed by atoms with van der Waals surface area (Å²) >= 11 is 0. The number of hydrogen-bond donors (Lipinski definition) is 1. The molecule has 1 N–H and O–H groups in total. The van der Waals surface area contributed by atoms with Crippen LogP contribution in [0.15, 0.2) is 12.3 Å². The van der Waals surface area contributed by atoms with Crippen molar-refractivity contribution in [2.45, 2.75) is 38.6 Å². The Bertz CT molecular complexity index is 496. The van der Waals surface area contributed by atoms with Crippen molar-refractivity contribution >= 4 is 5.91 Å². The molecule has 0 saturated carbocycles. The molecular formula is C15H21F2N3O. The molecule has 2 heterocycles. The quantitative estimate of drug-likeness (QED) is 0.670. The third-order valence-corrected chi connectivity index (χ3v) is 3.94. The molecule has 0 aliphatic carbocycles. The monoisotopic (exact) mass is 297 g/mol. The zero-order valence-corrected chi connectivity index (χ0v) is 12.2. The molecule has 116 valence electrons. The lowest BCUT2D eigenvalue weighted by Gasteiger charge is -2.33. The third kappa shape index (κ3) is 4.20. The van der Waals surface area contributed by atoms with Crippen LogP contribution in [0.5, 0.6) is 0 Å². The molecule has 2 rings (SSSR count). The highest BCUT2D eigenvalue weighted by molar-refractivity contribution is 5.94. The Kier molecular flexibility index (Phi) is 5.61. The number of carbonyl (C=O) groups is 1. The van der Waals surface area contributed by atoms with Gasteiger partial charge in [-0.25, -0.2) is 9.37 Å². The van der Waals surface area contributed by atoms with Crippen LogP contribution in [0.1, 0.15) is 43.0 Å². The summed E-state index contributed by atoms with van der Waals surface area (Å²) < 4.78 is 26.3. The molecule has 1 unspecified atom stereocenters. The molecule has 4 nitrogen and oxygen atoms in total. The number of aromatic nitrogens is 1. The molecule has 1 aromatic heterocycles. The van der Waals surface area contributed by atoms with E-state index in [9.17, 15) is 13.6 Å². The van der Waals surface area contributed by atoms with Gasteiger partial charge in [-0.1, -0.05) is 6.42 Å². The fourth-order valence-electron chi connectivity index (χ4n) is 2.66. The number of nitrogens with one attached hydrogen (secondary N) is 1. The number of carbonyl (C=O) groups excluding carboxylic acids is 1. The lowest BCUT2D eigenvalue weighted by molar-refractivity contribution is 0.0943. The molecule has 1 aliphatic heterocycles. The molecule has 1 atom stereocenters. The molecular weight excluding hydrogens is 276 g/mol. The molecule has 1 aliphatic rings. The van der Waals surface area contributed by atoms with Gasteiger partial charge in [-0.15, -0.1) is 0 Å². The maximum absolute atomic E-state index is 13.4. The van der Waals surface area contributed by atoms with E-state index in [1.165, 1.54) is 25.3 Å². The van der Waals surface area contributed by atoms with Gasteiger partial charge in [0.05, 0.1) is 5.56 Å². The van der Waals surface area contributed by atoms with Crippen LogP contribution in [0.2, 0.25) is 0 Å². The standard InChI is InChI=1S/C15H21F2N3O/c1-11-5-2-3-9-20(11)10-4-7-19-15(21)12-6-8-18-14(17)13(12)16/h6,8,11H,2-5,7,9-10H2,1H3,(H,19,21). The zero-order chi connectivity index (χ0) is 15.2. The van der Waals surface area contributed by atoms with Gasteiger partial charge >= 0.3 is 0 Å². The minimum atomic E-state index is -1.25. The van der Waals surface area contributed by atoms with Crippen molar-refractivity contribution < 1.29 is 13.6 Å². The van der Waals surface area contributed by atoms with Crippen LogP contribution in [-0.2, 0) is 0 Å². The topological polar surface area (TPSA) is 45.2 Å². The average Bonchev–Trinajstić information content (AvgIpc) is 2.48. The van der Waals surface area contributed by atoms with Gasteiger partial charge in [-0.3, -0.25) is 4.79 Å². The van der Waals surface area contributed by atoms with Gasteiger partial charge in [0.15, 0.2) is 5.82 Å². The summed E-state index contributed by atoms with van der Waals surface area (Å²) in [6.45, 7) is 4.67. The molecule has 0 aromatic carbocycles. The lowest BCUT2D eigenvalue weighted by Crippen LogP contribution is -2.39. The molecule has 1 aromatic rings. The van der Waals surface area contributed by atoms with Crippen molar-refractivity contribution in [3.05, 3.63) is 29.6 Å². The van der Waals surface area contributed by atoms with Crippen molar-refractivity contribution in [3.8, 4) is 0 Å². The summed E-state index contributed by atoms with van der Waals surface area (Å²) in [7, 11) is 0. The first-order valence-electron chi connectivity index (χ1n) is 7.42. The average molecular weight is 297 g/mol. The third-order valence-electron chi connectivity index (χ3n) is 3.94. The number of likely N-dealkylation sites (tertiary alicyclic amines) is 1. The Morgan fingerprint density at radius 2 is 2.29 bits per heavy atom. The van der Waals surface area contributed by atoms with E-state index in [0.717, 1.165) is 25.7 Å². The van der Waals surface area contributed by atoms with Crippen LogP contribution in [0.25, 0.3) is 0 Å². The van der Waals surface area contributed by atoms with Crippen molar-refractivity contribution in [3.63, 3.8) is 0 Å². The van der Waals surface area contributed by atoms with E-state index in [4.69, 9.17) is 0 Å². The summed E-state index contributed by atoms with van der Waals surface area (Å²) in [6, 6.07) is 1.77. The van der Waals surface area contributed by atoms with E-state index < -0.39 is 17.7 Å². The van der Waals surface area contributed by atoms with Gasteiger partial charge in [-0.2, -0.15) is 4.39 Å². The van der Waals surface area contributed by atoms with E-state index in [1.54, 1.807) is 0 Å². The van der Waals surface area contributed by atoms with Gasteiger partial charge in [0.2, 0.25) is 5.95 Å². The van der Waals surface area contributed by atoms with Gasteiger partial charge in [0, 0.05) is 25.3 Å². The fraction of sp³-hybridized carbons (Fsp3) is 0.600. The first-order chi connectivity index (χ1) is 10.1. The number of pyridine rings is 1. The van der Waals surface area contributed by atoms with E-state index in [1.807, 2.05) is 0 Å². The predicted octanol–water partition coefficient (Wildman–Crippen LogP) is 2.35. The zero-order valence-electron chi connectivity index (χ0n) is 12.2. The number of nitrogens with zero attached hydrogens (tertiary/aromatic N) is 2. The van der Waals surface area contributed by atoms with Gasteiger partial charge in [0.1, 0.15) is 0 Å². The predicted molar refractivity (Wildman–Crippen MR) is 76.0 cm³/mol. The minimum Gasteiger partial charge on any atom is -0.352 e. The van der Waals surface area contributed by atoms with E-state index >= 15 is 0 Å². The number of halogens is 2. The van der Waals surface area contributed by atoms with E-state index in [0.29, 0.717) is 12.6 Å². The second kappa shape index (κ2) is 7.45. The number of hydrogen-bond acceptors (Lipinski definition) is 3. The summed E-state index contributed by atoms with van der Waals surface area (Å²) in [4.78, 5) is 17.3. The summed E-state index contributed by atoms with van der Waals surface area (Å²) in [6.07, 6.45) is 5.60. The number of piperidine rings is 1. The van der Waals surface area contributed by atoms with Crippen molar-refractivity contribution in [1.29, 1.82) is 0 Å². The molecule has 1 saturated heterocycles. The molecule has 0 radical (unpaired) electrons. The highest BCUT2D eigenvalue weighted by Gasteiger charge is 2.18. The molecule has 0 spiro atoms.